The van der Waals surface area contributed by atoms with Crippen molar-refractivity contribution >= 4 is 9.84 Å². The third-order valence-corrected chi connectivity index (χ3v) is 4.04. The highest BCUT2D eigenvalue weighted by molar-refractivity contribution is 7.91. The van der Waals surface area contributed by atoms with Crippen LogP contribution in [0.3, 0.4) is 0 Å². The van der Waals surface area contributed by atoms with E-state index in [1.54, 1.807) is 6.92 Å². The second-order valence-electron chi connectivity index (χ2n) is 3.78. The number of sulfone groups is 1. The summed E-state index contributed by atoms with van der Waals surface area (Å²) in [6.45, 7) is 2.94. The zero-order chi connectivity index (χ0) is 9.90. The Balaban J connectivity index is 2.18. The van der Waals surface area contributed by atoms with Gasteiger partial charge in [-0.1, -0.05) is 0 Å². The zero-order valence-electron chi connectivity index (χ0n) is 7.86. The van der Waals surface area contributed by atoms with Gasteiger partial charge < -0.3 is 10.4 Å². The van der Waals surface area contributed by atoms with Crippen molar-refractivity contribution in [2.24, 2.45) is 5.92 Å². The maximum atomic E-state index is 11.1. The zero-order valence-corrected chi connectivity index (χ0v) is 8.68. The van der Waals surface area contributed by atoms with Crippen molar-refractivity contribution in [3.63, 3.8) is 0 Å². The van der Waals surface area contributed by atoms with Gasteiger partial charge in [0.1, 0.15) is 0 Å². The fourth-order valence-corrected chi connectivity index (χ4v) is 3.39. The minimum absolute atomic E-state index is 0.240. The molecular weight excluding hydrogens is 190 g/mol. The normalized spacial score (nSPS) is 28.9. The molecule has 0 aromatic carbocycles. The first-order chi connectivity index (χ1) is 5.99. The lowest BCUT2D eigenvalue weighted by Gasteiger charge is -2.10. The van der Waals surface area contributed by atoms with Gasteiger partial charge in [-0.15, -0.1) is 0 Å². The van der Waals surface area contributed by atoms with E-state index in [1.165, 1.54) is 0 Å². The summed E-state index contributed by atoms with van der Waals surface area (Å²) in [6.07, 6.45) is 0.396. The summed E-state index contributed by atoms with van der Waals surface area (Å²) in [7, 11) is -2.75. The molecule has 0 saturated carbocycles. The van der Waals surface area contributed by atoms with E-state index in [-0.39, 0.29) is 12.0 Å². The molecule has 0 radical (unpaired) electrons. The van der Waals surface area contributed by atoms with Crippen LogP contribution in [0.4, 0.5) is 0 Å². The van der Waals surface area contributed by atoms with Crippen LogP contribution in [-0.2, 0) is 9.84 Å². The molecule has 2 atom stereocenters. The highest BCUT2D eigenvalue weighted by atomic mass is 32.2. The molecular formula is C8H17NO3S. The van der Waals surface area contributed by atoms with Gasteiger partial charge in [0.05, 0.1) is 17.6 Å². The summed E-state index contributed by atoms with van der Waals surface area (Å²) in [5.74, 6) is 0.872. The van der Waals surface area contributed by atoms with Gasteiger partial charge in [0.25, 0.3) is 0 Å². The average Bonchev–Trinajstić information content (AvgIpc) is 2.29. The molecule has 1 fully saturated rings. The van der Waals surface area contributed by atoms with Gasteiger partial charge in [0.2, 0.25) is 0 Å². The van der Waals surface area contributed by atoms with Gasteiger partial charge >= 0.3 is 0 Å². The van der Waals surface area contributed by atoms with Crippen LogP contribution in [0.2, 0.25) is 0 Å². The Morgan fingerprint density at radius 1 is 1.62 bits per heavy atom. The van der Waals surface area contributed by atoms with Crippen LogP contribution in [0.15, 0.2) is 0 Å². The number of aliphatic hydroxyl groups is 1. The molecule has 1 heterocycles. The van der Waals surface area contributed by atoms with Gasteiger partial charge in [0.15, 0.2) is 9.84 Å². The Morgan fingerprint density at radius 2 is 2.31 bits per heavy atom. The van der Waals surface area contributed by atoms with Crippen molar-refractivity contribution in [2.45, 2.75) is 19.4 Å². The van der Waals surface area contributed by atoms with Crippen molar-refractivity contribution in [3.05, 3.63) is 0 Å². The summed E-state index contributed by atoms with van der Waals surface area (Å²) in [5.41, 5.74) is 0. The summed E-state index contributed by atoms with van der Waals surface area (Å²) in [6, 6.07) is 0. The number of hydrogen-bond donors (Lipinski definition) is 2. The SMILES string of the molecule is C[C@H](O)CNCC1CCS(=O)(=O)C1. The van der Waals surface area contributed by atoms with E-state index in [2.05, 4.69) is 5.32 Å². The van der Waals surface area contributed by atoms with Gasteiger partial charge in [-0.2, -0.15) is 0 Å². The number of rotatable bonds is 4. The van der Waals surface area contributed by atoms with Crippen LogP contribution in [0.5, 0.6) is 0 Å². The van der Waals surface area contributed by atoms with Crippen molar-refractivity contribution < 1.29 is 13.5 Å². The first-order valence-corrected chi connectivity index (χ1v) is 6.41. The van der Waals surface area contributed by atoms with Crippen LogP contribution in [0, 0.1) is 5.92 Å². The summed E-state index contributed by atoms with van der Waals surface area (Å²) in [4.78, 5) is 0. The molecule has 1 rings (SSSR count). The van der Waals surface area contributed by atoms with Gasteiger partial charge in [-0.25, -0.2) is 8.42 Å². The minimum Gasteiger partial charge on any atom is -0.392 e. The van der Waals surface area contributed by atoms with Crippen molar-refractivity contribution in [1.29, 1.82) is 0 Å². The lowest BCUT2D eigenvalue weighted by molar-refractivity contribution is 0.189. The third-order valence-electron chi connectivity index (χ3n) is 2.20. The second kappa shape index (κ2) is 4.39. The lowest BCUT2D eigenvalue weighted by Crippen LogP contribution is -2.29. The first-order valence-electron chi connectivity index (χ1n) is 4.59. The Bertz CT molecular complexity index is 248. The molecule has 4 nitrogen and oxygen atoms in total. The quantitative estimate of drug-likeness (QED) is 0.645. The Hall–Kier alpha value is -0.130. The monoisotopic (exact) mass is 207 g/mol. The van der Waals surface area contributed by atoms with Crippen molar-refractivity contribution in [3.8, 4) is 0 Å². The van der Waals surface area contributed by atoms with Crippen LogP contribution < -0.4 is 5.32 Å². The fraction of sp³-hybridized carbons (Fsp3) is 1.00. The topological polar surface area (TPSA) is 66.4 Å². The number of nitrogens with one attached hydrogen (secondary N) is 1. The summed E-state index contributed by atoms with van der Waals surface area (Å²) >= 11 is 0. The van der Waals surface area contributed by atoms with Crippen LogP contribution in [-0.4, -0.2) is 44.2 Å². The van der Waals surface area contributed by atoms with Crippen molar-refractivity contribution in [1.82, 2.24) is 5.32 Å². The maximum Gasteiger partial charge on any atom is 0.150 e. The standard InChI is InChI=1S/C8H17NO3S/c1-7(10)4-9-5-8-2-3-13(11,12)6-8/h7-10H,2-6H2,1H3/t7-,8?/m0/s1. The molecule has 0 aromatic rings. The van der Waals surface area contributed by atoms with Gasteiger partial charge in [-0.05, 0) is 25.8 Å². The van der Waals surface area contributed by atoms with Gasteiger partial charge in [0, 0.05) is 6.54 Å². The molecule has 78 valence electrons. The Morgan fingerprint density at radius 3 is 2.77 bits per heavy atom. The third kappa shape index (κ3) is 4.06. The molecule has 0 amide bonds. The first kappa shape index (κ1) is 10.9. The molecule has 0 aliphatic carbocycles. The van der Waals surface area contributed by atoms with E-state index in [0.29, 0.717) is 24.6 Å². The van der Waals surface area contributed by atoms with E-state index < -0.39 is 9.84 Å². The molecule has 13 heavy (non-hydrogen) atoms. The average molecular weight is 207 g/mol. The lowest BCUT2D eigenvalue weighted by atomic mass is 10.1. The molecule has 0 aromatic heterocycles. The maximum absolute atomic E-state index is 11.1. The smallest absolute Gasteiger partial charge is 0.150 e. The van der Waals surface area contributed by atoms with Crippen LogP contribution in [0.25, 0.3) is 0 Å². The highest BCUT2D eigenvalue weighted by Crippen LogP contribution is 2.17. The molecule has 1 aliphatic rings. The predicted octanol–water partition coefficient (Wildman–Crippen LogP) is -0.608. The minimum atomic E-state index is -2.75. The molecule has 1 aliphatic heterocycles. The second-order valence-corrected chi connectivity index (χ2v) is 6.01. The number of hydrogen-bond acceptors (Lipinski definition) is 4. The van der Waals surface area contributed by atoms with Crippen molar-refractivity contribution in [2.75, 3.05) is 24.6 Å². The van der Waals surface area contributed by atoms with E-state index in [0.717, 1.165) is 6.42 Å². The van der Waals surface area contributed by atoms with E-state index in [4.69, 9.17) is 5.11 Å². The molecule has 1 saturated heterocycles. The fourth-order valence-electron chi connectivity index (χ4n) is 1.53. The largest absolute Gasteiger partial charge is 0.392 e. The summed E-state index contributed by atoms with van der Waals surface area (Å²) < 4.78 is 22.1. The highest BCUT2D eigenvalue weighted by Gasteiger charge is 2.27. The Kier molecular flexibility index (Phi) is 3.70. The Labute approximate surface area is 79.3 Å². The molecule has 1 unspecified atom stereocenters. The molecule has 0 spiro atoms. The molecule has 0 bridgehead atoms. The molecule has 2 N–H and O–H groups in total. The molecule has 5 heteroatoms. The van der Waals surface area contributed by atoms with Gasteiger partial charge in [-0.3, -0.25) is 0 Å². The predicted molar refractivity (Wildman–Crippen MR) is 51.3 cm³/mol. The van der Waals surface area contributed by atoms with E-state index in [9.17, 15) is 8.42 Å². The van der Waals surface area contributed by atoms with Crippen LogP contribution >= 0.6 is 0 Å². The van der Waals surface area contributed by atoms with E-state index in [1.807, 2.05) is 0 Å². The number of aliphatic hydroxyl groups excluding tert-OH is 1. The van der Waals surface area contributed by atoms with Crippen LogP contribution in [0.1, 0.15) is 13.3 Å². The van der Waals surface area contributed by atoms with E-state index >= 15 is 0 Å². The summed E-state index contributed by atoms with van der Waals surface area (Å²) in [5, 5.41) is 12.0.